The number of methoxy groups -OCH3 is 1. The number of carbonyl (C=O) groups is 1. The van der Waals surface area contributed by atoms with Crippen LogP contribution in [0.15, 0.2) is 42.6 Å². The van der Waals surface area contributed by atoms with E-state index in [1.807, 2.05) is 30.3 Å². The third-order valence-electron chi connectivity index (χ3n) is 3.32. The fraction of sp³-hybridized carbons (Fsp3) is 0.312. The van der Waals surface area contributed by atoms with Crippen LogP contribution in [0.2, 0.25) is 0 Å². The highest BCUT2D eigenvalue weighted by Crippen LogP contribution is 2.17. The van der Waals surface area contributed by atoms with Crippen LogP contribution in [0.1, 0.15) is 34.1 Å². The quantitative estimate of drug-likeness (QED) is 0.681. The highest BCUT2D eigenvalue weighted by atomic mass is 16.5. The smallest absolute Gasteiger partial charge is 0.354 e. The van der Waals surface area contributed by atoms with Crippen molar-refractivity contribution in [2.75, 3.05) is 13.7 Å². The van der Waals surface area contributed by atoms with Gasteiger partial charge in [-0.1, -0.05) is 30.3 Å². The van der Waals surface area contributed by atoms with Gasteiger partial charge < -0.3 is 20.1 Å². The van der Waals surface area contributed by atoms with Gasteiger partial charge >= 0.3 is 5.97 Å². The SMILES string of the molecule is COC(=O)c1cc(CN[C@H](CCO)c2ccccc2)c[nH]1. The number of H-pyrrole nitrogens is 1. The number of carbonyl (C=O) groups excluding carboxylic acids is 1. The number of aromatic nitrogens is 1. The van der Waals surface area contributed by atoms with Gasteiger partial charge in [0, 0.05) is 25.4 Å². The zero-order chi connectivity index (χ0) is 15.1. The largest absolute Gasteiger partial charge is 0.464 e. The van der Waals surface area contributed by atoms with Gasteiger partial charge in [-0.3, -0.25) is 0 Å². The van der Waals surface area contributed by atoms with E-state index in [2.05, 4.69) is 15.0 Å². The molecule has 0 amide bonds. The van der Waals surface area contributed by atoms with Gasteiger partial charge in [0.05, 0.1) is 7.11 Å². The van der Waals surface area contributed by atoms with E-state index in [9.17, 15) is 9.90 Å². The summed E-state index contributed by atoms with van der Waals surface area (Å²) in [5.74, 6) is -0.379. The van der Waals surface area contributed by atoms with Crippen LogP contribution >= 0.6 is 0 Å². The lowest BCUT2D eigenvalue weighted by Gasteiger charge is -2.17. The molecule has 5 heteroatoms. The van der Waals surface area contributed by atoms with Crippen molar-refractivity contribution in [3.05, 3.63) is 59.4 Å². The first-order valence-electron chi connectivity index (χ1n) is 6.89. The summed E-state index contributed by atoms with van der Waals surface area (Å²) >= 11 is 0. The van der Waals surface area contributed by atoms with Crippen molar-refractivity contribution >= 4 is 5.97 Å². The molecule has 1 heterocycles. The normalized spacial score (nSPS) is 12.1. The fourth-order valence-electron chi connectivity index (χ4n) is 2.21. The Labute approximate surface area is 124 Å². The lowest BCUT2D eigenvalue weighted by molar-refractivity contribution is 0.0595. The molecule has 5 nitrogen and oxygen atoms in total. The first-order chi connectivity index (χ1) is 10.2. The summed E-state index contributed by atoms with van der Waals surface area (Å²) in [6.07, 6.45) is 2.42. The molecule has 0 saturated carbocycles. The minimum Gasteiger partial charge on any atom is -0.464 e. The van der Waals surface area contributed by atoms with Crippen molar-refractivity contribution in [3.63, 3.8) is 0 Å². The molecule has 3 N–H and O–H groups in total. The zero-order valence-corrected chi connectivity index (χ0v) is 12.0. The second-order valence-electron chi connectivity index (χ2n) is 4.77. The van der Waals surface area contributed by atoms with Crippen LogP contribution in [-0.2, 0) is 11.3 Å². The van der Waals surface area contributed by atoms with E-state index < -0.39 is 0 Å². The van der Waals surface area contributed by atoms with Gasteiger partial charge in [-0.05, 0) is 23.6 Å². The first kappa shape index (κ1) is 15.3. The number of aliphatic hydroxyl groups is 1. The molecule has 1 atom stereocenters. The molecule has 0 bridgehead atoms. The highest BCUT2D eigenvalue weighted by molar-refractivity contribution is 5.87. The third-order valence-corrected chi connectivity index (χ3v) is 3.32. The number of benzene rings is 1. The van der Waals surface area contributed by atoms with Crippen LogP contribution in [0, 0.1) is 0 Å². The predicted octanol–water partition coefficient (Wildman–Crippen LogP) is 2.01. The van der Waals surface area contributed by atoms with Gasteiger partial charge in [-0.25, -0.2) is 4.79 Å². The molecule has 0 fully saturated rings. The molecule has 1 aromatic heterocycles. The van der Waals surface area contributed by atoms with E-state index in [0.29, 0.717) is 18.7 Å². The summed E-state index contributed by atoms with van der Waals surface area (Å²) < 4.78 is 4.66. The van der Waals surface area contributed by atoms with Crippen LogP contribution in [0.4, 0.5) is 0 Å². The van der Waals surface area contributed by atoms with Crippen LogP contribution in [0.3, 0.4) is 0 Å². The standard InChI is InChI=1S/C16H20N2O3/c1-21-16(20)15-9-12(11-18-15)10-17-14(7-8-19)13-5-3-2-4-6-13/h2-6,9,11,14,17-19H,7-8,10H2,1H3/t14-/m1/s1. The number of nitrogens with one attached hydrogen (secondary N) is 2. The van der Waals surface area contributed by atoms with Gasteiger partial charge in [0.25, 0.3) is 0 Å². The van der Waals surface area contributed by atoms with E-state index in [4.69, 9.17) is 0 Å². The Morgan fingerprint density at radius 3 is 2.81 bits per heavy atom. The Balaban J connectivity index is 1.99. The molecule has 0 spiro atoms. The van der Waals surface area contributed by atoms with Crippen molar-refractivity contribution in [1.82, 2.24) is 10.3 Å². The van der Waals surface area contributed by atoms with E-state index in [1.165, 1.54) is 7.11 Å². The molecule has 0 aliphatic carbocycles. The van der Waals surface area contributed by atoms with Crippen molar-refractivity contribution in [2.45, 2.75) is 19.0 Å². The second-order valence-corrected chi connectivity index (χ2v) is 4.77. The lowest BCUT2D eigenvalue weighted by Crippen LogP contribution is -2.21. The van der Waals surface area contributed by atoms with Crippen molar-refractivity contribution < 1.29 is 14.6 Å². The van der Waals surface area contributed by atoms with Gasteiger partial charge in [0.2, 0.25) is 0 Å². The number of aliphatic hydroxyl groups excluding tert-OH is 1. The number of esters is 1. The summed E-state index contributed by atoms with van der Waals surface area (Å²) in [6, 6.07) is 11.8. The minimum absolute atomic E-state index is 0.0766. The Morgan fingerprint density at radius 2 is 2.14 bits per heavy atom. The summed E-state index contributed by atoms with van der Waals surface area (Å²) in [5, 5.41) is 12.6. The van der Waals surface area contributed by atoms with Crippen LogP contribution < -0.4 is 5.32 Å². The summed E-state index contributed by atoms with van der Waals surface area (Å²) in [5.41, 5.74) is 2.54. The topological polar surface area (TPSA) is 74.3 Å². The maximum Gasteiger partial charge on any atom is 0.354 e. The lowest BCUT2D eigenvalue weighted by atomic mass is 10.0. The molecular formula is C16H20N2O3. The van der Waals surface area contributed by atoms with Gasteiger partial charge in [-0.2, -0.15) is 0 Å². The van der Waals surface area contributed by atoms with Gasteiger partial charge in [0.15, 0.2) is 0 Å². The fourth-order valence-corrected chi connectivity index (χ4v) is 2.21. The maximum absolute atomic E-state index is 11.4. The van der Waals surface area contributed by atoms with Crippen molar-refractivity contribution in [3.8, 4) is 0 Å². The molecule has 2 aromatic rings. The van der Waals surface area contributed by atoms with Gasteiger partial charge in [-0.15, -0.1) is 0 Å². The molecule has 112 valence electrons. The molecular weight excluding hydrogens is 268 g/mol. The molecule has 0 saturated heterocycles. The second kappa shape index (κ2) is 7.61. The maximum atomic E-state index is 11.4. The Bertz CT molecular complexity index is 566. The molecule has 2 rings (SSSR count). The summed E-state index contributed by atoms with van der Waals surface area (Å²) in [6.45, 7) is 0.722. The van der Waals surface area contributed by atoms with Crippen LogP contribution in [-0.4, -0.2) is 29.8 Å². The molecule has 0 unspecified atom stereocenters. The first-order valence-corrected chi connectivity index (χ1v) is 6.89. The number of ether oxygens (including phenoxy) is 1. The predicted molar refractivity (Wildman–Crippen MR) is 79.9 cm³/mol. The van der Waals surface area contributed by atoms with E-state index in [-0.39, 0.29) is 18.6 Å². The van der Waals surface area contributed by atoms with Crippen LogP contribution in [0.25, 0.3) is 0 Å². The molecule has 21 heavy (non-hydrogen) atoms. The summed E-state index contributed by atoms with van der Waals surface area (Å²) in [4.78, 5) is 14.3. The zero-order valence-electron chi connectivity index (χ0n) is 12.0. The molecule has 0 aliphatic rings. The number of aromatic amines is 1. The van der Waals surface area contributed by atoms with Crippen molar-refractivity contribution in [1.29, 1.82) is 0 Å². The number of hydrogen-bond acceptors (Lipinski definition) is 4. The van der Waals surface area contributed by atoms with E-state index in [0.717, 1.165) is 11.1 Å². The third kappa shape index (κ3) is 4.18. The average molecular weight is 288 g/mol. The minimum atomic E-state index is -0.379. The van der Waals surface area contributed by atoms with Crippen molar-refractivity contribution in [2.24, 2.45) is 0 Å². The number of rotatable bonds is 7. The Morgan fingerprint density at radius 1 is 1.38 bits per heavy atom. The number of hydrogen-bond donors (Lipinski definition) is 3. The van der Waals surface area contributed by atoms with Crippen LogP contribution in [0.5, 0.6) is 0 Å². The summed E-state index contributed by atoms with van der Waals surface area (Å²) in [7, 11) is 1.35. The van der Waals surface area contributed by atoms with Gasteiger partial charge in [0.1, 0.15) is 5.69 Å². The highest BCUT2D eigenvalue weighted by Gasteiger charge is 2.12. The van der Waals surface area contributed by atoms with E-state index in [1.54, 1.807) is 12.3 Å². The molecule has 0 aliphatic heterocycles. The molecule has 1 aromatic carbocycles. The Hall–Kier alpha value is -2.11. The monoisotopic (exact) mass is 288 g/mol. The van der Waals surface area contributed by atoms with E-state index >= 15 is 0 Å². The Kier molecular flexibility index (Phi) is 5.54. The average Bonchev–Trinajstić information content (AvgIpc) is 3.00. The molecule has 0 radical (unpaired) electrons.